The molecule has 8 heteroatoms. The molecule has 0 atom stereocenters. The van der Waals surface area contributed by atoms with Crippen LogP contribution < -0.4 is 5.32 Å². The molecule has 1 aromatic heterocycles. The van der Waals surface area contributed by atoms with E-state index in [0.717, 1.165) is 0 Å². The number of aryl methyl sites for hydroxylation is 1. The molecule has 0 saturated heterocycles. The van der Waals surface area contributed by atoms with Crippen LogP contribution in [0.15, 0.2) is 4.90 Å². The van der Waals surface area contributed by atoms with E-state index in [1.165, 1.54) is 4.31 Å². The average Bonchev–Trinajstić information content (AvgIpc) is 2.75. The quantitative estimate of drug-likeness (QED) is 0.725. The molecule has 0 spiro atoms. The molecule has 2 N–H and O–H groups in total. The molecule has 0 fully saturated rings. The Hall–Kier alpha value is -0.960. The second-order valence-electron chi connectivity index (χ2n) is 5.79. The topological polar surface area (TPSA) is 81.3 Å². The second-order valence-corrected chi connectivity index (χ2v) is 7.77. The maximum Gasteiger partial charge on any atom is 0.246 e. The largest absolute Gasteiger partial charge is 0.309 e. The molecule has 1 aromatic rings. The molecule has 0 aliphatic heterocycles. The van der Waals surface area contributed by atoms with Gasteiger partial charge in [-0.25, -0.2) is 8.42 Å². The maximum atomic E-state index is 12.7. The summed E-state index contributed by atoms with van der Waals surface area (Å²) in [6.45, 7) is 7.30. The molecular weight excluding hydrogens is 290 g/mol. The Kier molecular flexibility index (Phi) is 6.33. The lowest BCUT2D eigenvalue weighted by Crippen LogP contribution is -2.34. The van der Waals surface area contributed by atoms with Gasteiger partial charge in [-0.05, 0) is 21.0 Å². The molecule has 0 bridgehead atoms. The Labute approximate surface area is 127 Å². The van der Waals surface area contributed by atoms with Crippen LogP contribution >= 0.6 is 0 Å². The fourth-order valence-corrected chi connectivity index (χ4v) is 3.33. The van der Waals surface area contributed by atoms with Crippen LogP contribution in [0.1, 0.15) is 25.2 Å². The highest BCUT2D eigenvalue weighted by Crippen LogP contribution is 2.21. The fraction of sp³-hybridized carbons (Fsp3) is 0.769. The van der Waals surface area contributed by atoms with E-state index >= 15 is 0 Å². The van der Waals surface area contributed by atoms with Gasteiger partial charge >= 0.3 is 0 Å². The number of aromatic amines is 1. The Morgan fingerprint density at radius 1 is 1.24 bits per heavy atom. The number of hydrogen-bond donors (Lipinski definition) is 2. The smallest absolute Gasteiger partial charge is 0.246 e. The zero-order chi connectivity index (χ0) is 16.2. The first-order valence-electron chi connectivity index (χ1n) is 7.04. The molecule has 0 amide bonds. The lowest BCUT2D eigenvalue weighted by Gasteiger charge is -2.20. The zero-order valence-electron chi connectivity index (χ0n) is 13.8. The predicted octanol–water partition coefficient (Wildman–Crippen LogP) is 0.398. The van der Waals surface area contributed by atoms with Crippen LogP contribution in [-0.2, 0) is 16.6 Å². The van der Waals surface area contributed by atoms with Gasteiger partial charge in [0.1, 0.15) is 4.90 Å². The van der Waals surface area contributed by atoms with Gasteiger partial charge < -0.3 is 10.2 Å². The minimum Gasteiger partial charge on any atom is -0.309 e. The van der Waals surface area contributed by atoms with Crippen molar-refractivity contribution in [2.24, 2.45) is 0 Å². The Bertz CT molecular complexity index is 551. The van der Waals surface area contributed by atoms with Gasteiger partial charge in [-0.2, -0.15) is 9.40 Å². The molecule has 0 radical (unpaired) electrons. The number of nitrogens with zero attached hydrogens (tertiary/aromatic N) is 3. The van der Waals surface area contributed by atoms with Crippen molar-refractivity contribution >= 4 is 10.0 Å². The van der Waals surface area contributed by atoms with Crippen molar-refractivity contribution < 1.29 is 8.42 Å². The third kappa shape index (κ3) is 4.77. The van der Waals surface area contributed by atoms with Gasteiger partial charge in [0, 0.05) is 32.7 Å². The van der Waals surface area contributed by atoms with Crippen molar-refractivity contribution in [2.75, 3.05) is 34.2 Å². The summed E-state index contributed by atoms with van der Waals surface area (Å²) in [7, 11) is 1.91. The summed E-state index contributed by atoms with van der Waals surface area (Å²) >= 11 is 0. The van der Waals surface area contributed by atoms with Crippen LogP contribution in [0, 0.1) is 6.92 Å². The van der Waals surface area contributed by atoms with Crippen molar-refractivity contribution in [3.8, 4) is 0 Å². The number of sulfonamides is 1. The Morgan fingerprint density at radius 2 is 1.86 bits per heavy atom. The molecule has 1 rings (SSSR count). The van der Waals surface area contributed by atoms with Gasteiger partial charge in [0.05, 0.1) is 11.4 Å². The molecule has 122 valence electrons. The van der Waals surface area contributed by atoms with E-state index in [1.54, 1.807) is 14.0 Å². The van der Waals surface area contributed by atoms with Crippen LogP contribution in [-0.4, -0.2) is 68.1 Å². The molecule has 0 aliphatic carbocycles. The maximum absolute atomic E-state index is 12.7. The molecule has 0 aromatic carbocycles. The number of likely N-dealkylation sites (N-methyl/N-ethyl adjacent to an activating group) is 2. The van der Waals surface area contributed by atoms with Gasteiger partial charge in [-0.3, -0.25) is 5.10 Å². The summed E-state index contributed by atoms with van der Waals surface area (Å²) in [4.78, 5) is 2.24. The zero-order valence-corrected chi connectivity index (χ0v) is 14.6. The van der Waals surface area contributed by atoms with Crippen molar-refractivity contribution in [3.63, 3.8) is 0 Å². The average molecular weight is 317 g/mol. The third-order valence-electron chi connectivity index (χ3n) is 3.17. The van der Waals surface area contributed by atoms with Crippen LogP contribution in [0.4, 0.5) is 0 Å². The highest BCUT2D eigenvalue weighted by Gasteiger charge is 2.28. The minimum absolute atomic E-state index is 0.268. The monoisotopic (exact) mass is 317 g/mol. The van der Waals surface area contributed by atoms with Crippen molar-refractivity contribution in [1.82, 2.24) is 24.7 Å². The minimum atomic E-state index is -3.53. The van der Waals surface area contributed by atoms with E-state index in [-0.39, 0.29) is 10.9 Å². The van der Waals surface area contributed by atoms with Crippen LogP contribution in [0.25, 0.3) is 0 Å². The SMILES string of the molecule is Cc1[nH]nc(CNC(C)C)c1S(=O)(=O)N(C)CCN(C)C. The number of rotatable bonds is 8. The molecule has 0 aliphatic rings. The van der Waals surface area contributed by atoms with E-state index < -0.39 is 10.0 Å². The van der Waals surface area contributed by atoms with Gasteiger partial charge in [0.25, 0.3) is 0 Å². The van der Waals surface area contributed by atoms with Gasteiger partial charge in [0.15, 0.2) is 0 Å². The van der Waals surface area contributed by atoms with E-state index in [2.05, 4.69) is 15.5 Å². The molecular formula is C13H27N5O2S. The summed E-state index contributed by atoms with van der Waals surface area (Å²) in [6, 6.07) is 0.268. The highest BCUT2D eigenvalue weighted by molar-refractivity contribution is 7.89. The molecule has 7 nitrogen and oxygen atoms in total. The first-order valence-corrected chi connectivity index (χ1v) is 8.48. The number of nitrogens with one attached hydrogen (secondary N) is 2. The van der Waals surface area contributed by atoms with E-state index in [4.69, 9.17) is 0 Å². The van der Waals surface area contributed by atoms with Crippen molar-refractivity contribution in [2.45, 2.75) is 38.3 Å². The molecule has 1 heterocycles. The standard InChI is InChI=1S/C13H27N5O2S/c1-10(2)14-9-12-13(11(3)15-16-12)21(19,20)18(6)8-7-17(4)5/h10,14H,7-9H2,1-6H3,(H,15,16). The summed E-state index contributed by atoms with van der Waals surface area (Å²) < 4.78 is 26.8. The van der Waals surface area contributed by atoms with Crippen LogP contribution in [0.5, 0.6) is 0 Å². The molecule has 0 saturated carbocycles. The normalized spacial score (nSPS) is 12.8. The van der Waals surface area contributed by atoms with E-state index in [9.17, 15) is 8.42 Å². The van der Waals surface area contributed by atoms with Crippen molar-refractivity contribution in [1.29, 1.82) is 0 Å². The van der Waals surface area contributed by atoms with Crippen LogP contribution in [0.3, 0.4) is 0 Å². The second kappa shape index (κ2) is 7.35. The summed E-state index contributed by atoms with van der Waals surface area (Å²) in [5, 5.41) is 10.1. The van der Waals surface area contributed by atoms with Crippen molar-refractivity contribution in [3.05, 3.63) is 11.4 Å². The molecule has 21 heavy (non-hydrogen) atoms. The van der Waals surface area contributed by atoms with Gasteiger partial charge in [-0.1, -0.05) is 13.8 Å². The third-order valence-corrected chi connectivity index (χ3v) is 5.23. The number of aromatic nitrogens is 2. The Morgan fingerprint density at radius 3 is 2.38 bits per heavy atom. The summed E-state index contributed by atoms with van der Waals surface area (Å²) in [6.07, 6.45) is 0. The summed E-state index contributed by atoms with van der Waals surface area (Å²) in [5.74, 6) is 0. The first-order chi connectivity index (χ1) is 9.66. The Balaban J connectivity index is 2.99. The predicted molar refractivity (Wildman–Crippen MR) is 83.7 cm³/mol. The highest BCUT2D eigenvalue weighted by atomic mass is 32.2. The molecule has 0 unspecified atom stereocenters. The van der Waals surface area contributed by atoms with Gasteiger partial charge in [0.2, 0.25) is 10.0 Å². The van der Waals surface area contributed by atoms with E-state index in [1.807, 2.05) is 32.8 Å². The lowest BCUT2D eigenvalue weighted by atomic mass is 10.3. The number of H-pyrrole nitrogens is 1. The fourth-order valence-electron chi connectivity index (χ4n) is 1.85. The lowest BCUT2D eigenvalue weighted by molar-refractivity contribution is 0.358. The first kappa shape index (κ1) is 18.1. The number of hydrogen-bond acceptors (Lipinski definition) is 5. The van der Waals surface area contributed by atoms with Gasteiger partial charge in [-0.15, -0.1) is 0 Å². The summed E-state index contributed by atoms with van der Waals surface area (Å²) in [5.41, 5.74) is 1.12. The van der Waals surface area contributed by atoms with Crippen LogP contribution in [0.2, 0.25) is 0 Å². The van der Waals surface area contributed by atoms with E-state index in [0.29, 0.717) is 31.0 Å².